The fourth-order valence-corrected chi connectivity index (χ4v) is 1.56. The Hall–Kier alpha value is -2.37. The SMILES string of the molecule is COc1ccc([C@@H](C)NC(=O)c2nc[nH]n2)cc1. The zero-order valence-electron chi connectivity index (χ0n) is 10.2. The van der Waals surface area contributed by atoms with E-state index in [4.69, 9.17) is 4.74 Å². The summed E-state index contributed by atoms with van der Waals surface area (Å²) in [6.07, 6.45) is 1.37. The van der Waals surface area contributed by atoms with Crippen LogP contribution in [0.5, 0.6) is 5.75 Å². The number of ether oxygens (including phenoxy) is 1. The average molecular weight is 246 g/mol. The van der Waals surface area contributed by atoms with Gasteiger partial charge in [-0.2, -0.15) is 0 Å². The van der Waals surface area contributed by atoms with Crippen LogP contribution in [0.1, 0.15) is 29.1 Å². The Labute approximate surface area is 104 Å². The van der Waals surface area contributed by atoms with E-state index in [-0.39, 0.29) is 17.8 Å². The van der Waals surface area contributed by atoms with Crippen molar-refractivity contribution < 1.29 is 9.53 Å². The number of rotatable bonds is 4. The Balaban J connectivity index is 2.02. The monoisotopic (exact) mass is 246 g/mol. The van der Waals surface area contributed by atoms with Crippen molar-refractivity contribution in [2.75, 3.05) is 7.11 Å². The lowest BCUT2D eigenvalue weighted by molar-refractivity contribution is 0.0930. The van der Waals surface area contributed by atoms with Crippen molar-refractivity contribution >= 4 is 5.91 Å². The highest BCUT2D eigenvalue weighted by molar-refractivity contribution is 5.90. The van der Waals surface area contributed by atoms with Crippen LogP contribution >= 0.6 is 0 Å². The Morgan fingerprint density at radius 1 is 1.39 bits per heavy atom. The molecule has 1 atom stereocenters. The first-order valence-corrected chi connectivity index (χ1v) is 5.51. The normalized spacial score (nSPS) is 11.9. The van der Waals surface area contributed by atoms with Gasteiger partial charge in [0.25, 0.3) is 5.91 Å². The minimum atomic E-state index is -0.306. The molecule has 0 bridgehead atoms. The van der Waals surface area contributed by atoms with Crippen LogP contribution in [0.3, 0.4) is 0 Å². The molecule has 1 aromatic heterocycles. The topological polar surface area (TPSA) is 79.9 Å². The highest BCUT2D eigenvalue weighted by atomic mass is 16.5. The summed E-state index contributed by atoms with van der Waals surface area (Å²) in [7, 11) is 1.61. The van der Waals surface area contributed by atoms with Gasteiger partial charge in [-0.25, -0.2) is 4.98 Å². The third kappa shape index (κ3) is 2.65. The molecule has 0 aliphatic carbocycles. The van der Waals surface area contributed by atoms with Gasteiger partial charge in [0.2, 0.25) is 5.82 Å². The minimum Gasteiger partial charge on any atom is -0.497 e. The van der Waals surface area contributed by atoms with E-state index in [1.54, 1.807) is 7.11 Å². The molecule has 18 heavy (non-hydrogen) atoms. The highest BCUT2D eigenvalue weighted by Crippen LogP contribution is 2.17. The lowest BCUT2D eigenvalue weighted by atomic mass is 10.1. The standard InChI is InChI=1S/C12H14N4O2/c1-8(9-3-5-10(18-2)6-4-9)15-12(17)11-13-7-14-16-11/h3-8H,1-2H3,(H,15,17)(H,13,14,16)/t8-/m1/s1. The van der Waals surface area contributed by atoms with E-state index in [1.807, 2.05) is 31.2 Å². The predicted molar refractivity (Wildman–Crippen MR) is 65.3 cm³/mol. The number of benzene rings is 1. The maximum atomic E-state index is 11.7. The van der Waals surface area contributed by atoms with E-state index >= 15 is 0 Å². The molecule has 2 N–H and O–H groups in total. The van der Waals surface area contributed by atoms with Gasteiger partial charge in [0, 0.05) is 0 Å². The smallest absolute Gasteiger partial charge is 0.291 e. The molecular weight excluding hydrogens is 232 g/mol. The molecule has 0 saturated carbocycles. The second-order valence-corrected chi connectivity index (χ2v) is 3.79. The van der Waals surface area contributed by atoms with Crippen molar-refractivity contribution in [3.05, 3.63) is 42.0 Å². The molecule has 1 aromatic carbocycles. The summed E-state index contributed by atoms with van der Waals surface area (Å²) < 4.78 is 5.08. The molecule has 0 fully saturated rings. The van der Waals surface area contributed by atoms with Crippen molar-refractivity contribution in [3.63, 3.8) is 0 Å². The molecule has 0 aliphatic heterocycles. The second kappa shape index (κ2) is 5.31. The third-order valence-corrected chi connectivity index (χ3v) is 2.58. The van der Waals surface area contributed by atoms with Crippen LogP contribution in [0.15, 0.2) is 30.6 Å². The number of carbonyl (C=O) groups is 1. The summed E-state index contributed by atoms with van der Waals surface area (Å²) in [6.45, 7) is 1.90. The summed E-state index contributed by atoms with van der Waals surface area (Å²) in [5, 5.41) is 9.03. The molecule has 2 aromatic rings. The molecule has 0 unspecified atom stereocenters. The molecular formula is C12H14N4O2. The zero-order chi connectivity index (χ0) is 13.0. The number of nitrogens with one attached hydrogen (secondary N) is 2. The van der Waals surface area contributed by atoms with Gasteiger partial charge in [-0.1, -0.05) is 12.1 Å². The molecule has 2 rings (SSSR count). The van der Waals surface area contributed by atoms with Crippen molar-refractivity contribution in [1.82, 2.24) is 20.5 Å². The summed E-state index contributed by atoms with van der Waals surface area (Å²) in [4.78, 5) is 15.5. The number of nitrogens with zero attached hydrogens (tertiary/aromatic N) is 2. The van der Waals surface area contributed by atoms with Crippen molar-refractivity contribution in [2.45, 2.75) is 13.0 Å². The van der Waals surface area contributed by atoms with Crippen molar-refractivity contribution in [1.29, 1.82) is 0 Å². The number of aromatic amines is 1. The number of H-pyrrole nitrogens is 1. The van der Waals surface area contributed by atoms with Gasteiger partial charge >= 0.3 is 0 Å². The van der Waals surface area contributed by atoms with Crippen LogP contribution in [0.4, 0.5) is 0 Å². The number of aromatic nitrogens is 3. The second-order valence-electron chi connectivity index (χ2n) is 3.79. The fourth-order valence-electron chi connectivity index (χ4n) is 1.56. The summed E-state index contributed by atoms with van der Waals surface area (Å²) in [5.41, 5.74) is 0.986. The quantitative estimate of drug-likeness (QED) is 0.852. The van der Waals surface area contributed by atoms with Crippen LogP contribution < -0.4 is 10.1 Å². The molecule has 1 heterocycles. The van der Waals surface area contributed by atoms with E-state index in [0.717, 1.165) is 11.3 Å². The first-order chi connectivity index (χ1) is 8.70. The van der Waals surface area contributed by atoms with Gasteiger partial charge < -0.3 is 10.1 Å². The maximum Gasteiger partial charge on any atom is 0.291 e. The lowest BCUT2D eigenvalue weighted by Crippen LogP contribution is -2.27. The van der Waals surface area contributed by atoms with Gasteiger partial charge in [-0.3, -0.25) is 9.89 Å². The van der Waals surface area contributed by atoms with Gasteiger partial charge in [0.15, 0.2) is 0 Å². The number of methoxy groups -OCH3 is 1. The molecule has 0 radical (unpaired) electrons. The average Bonchev–Trinajstić information content (AvgIpc) is 2.92. The summed E-state index contributed by atoms with van der Waals surface area (Å²) >= 11 is 0. The largest absolute Gasteiger partial charge is 0.497 e. The van der Waals surface area contributed by atoms with Gasteiger partial charge in [-0.05, 0) is 24.6 Å². The highest BCUT2D eigenvalue weighted by Gasteiger charge is 2.13. The first-order valence-electron chi connectivity index (χ1n) is 5.51. The van der Waals surface area contributed by atoms with Gasteiger partial charge in [-0.15, -0.1) is 5.10 Å². The van der Waals surface area contributed by atoms with E-state index < -0.39 is 0 Å². The van der Waals surface area contributed by atoms with Gasteiger partial charge in [0.05, 0.1) is 13.2 Å². The molecule has 1 amide bonds. The molecule has 6 nitrogen and oxygen atoms in total. The van der Waals surface area contributed by atoms with Crippen LogP contribution in [-0.2, 0) is 0 Å². The fraction of sp³-hybridized carbons (Fsp3) is 0.250. The Bertz CT molecular complexity index is 507. The van der Waals surface area contributed by atoms with E-state index in [9.17, 15) is 4.79 Å². The van der Waals surface area contributed by atoms with Crippen LogP contribution in [-0.4, -0.2) is 28.2 Å². The first kappa shape index (κ1) is 12.1. The van der Waals surface area contributed by atoms with E-state index in [2.05, 4.69) is 20.5 Å². The Morgan fingerprint density at radius 2 is 2.11 bits per heavy atom. The molecule has 0 spiro atoms. The third-order valence-electron chi connectivity index (χ3n) is 2.58. The summed E-state index contributed by atoms with van der Waals surface area (Å²) in [6, 6.07) is 7.39. The summed E-state index contributed by atoms with van der Waals surface area (Å²) in [5.74, 6) is 0.612. The molecule has 6 heteroatoms. The number of hydrogen-bond donors (Lipinski definition) is 2. The van der Waals surface area contributed by atoms with Crippen LogP contribution in [0, 0.1) is 0 Å². The molecule has 0 aliphatic rings. The number of carbonyl (C=O) groups excluding carboxylic acids is 1. The Morgan fingerprint density at radius 3 is 2.67 bits per heavy atom. The van der Waals surface area contributed by atoms with Crippen LogP contribution in [0.25, 0.3) is 0 Å². The maximum absolute atomic E-state index is 11.7. The van der Waals surface area contributed by atoms with E-state index in [1.165, 1.54) is 6.33 Å². The zero-order valence-corrected chi connectivity index (χ0v) is 10.2. The van der Waals surface area contributed by atoms with E-state index in [0.29, 0.717) is 0 Å². The Kier molecular flexibility index (Phi) is 3.57. The molecule has 94 valence electrons. The minimum absolute atomic E-state index is 0.123. The number of hydrogen-bond acceptors (Lipinski definition) is 4. The lowest BCUT2D eigenvalue weighted by Gasteiger charge is -2.13. The van der Waals surface area contributed by atoms with Crippen molar-refractivity contribution in [2.24, 2.45) is 0 Å². The predicted octanol–water partition coefficient (Wildman–Crippen LogP) is 1.30. The van der Waals surface area contributed by atoms with Crippen molar-refractivity contribution in [3.8, 4) is 5.75 Å². The van der Waals surface area contributed by atoms with Crippen LogP contribution in [0.2, 0.25) is 0 Å². The molecule has 0 saturated heterocycles. The number of amides is 1. The van der Waals surface area contributed by atoms with Gasteiger partial charge in [0.1, 0.15) is 12.1 Å².